The Hall–Kier alpha value is -0.950. The van der Waals surface area contributed by atoms with Crippen LogP contribution >= 0.6 is 0 Å². The van der Waals surface area contributed by atoms with Gasteiger partial charge in [0.1, 0.15) is 0 Å². The van der Waals surface area contributed by atoms with Gasteiger partial charge in [0.15, 0.2) is 0 Å². The van der Waals surface area contributed by atoms with Gasteiger partial charge < -0.3 is 10.1 Å². The highest BCUT2D eigenvalue weighted by Gasteiger charge is 2.13. The first kappa shape index (κ1) is 18.1. The van der Waals surface area contributed by atoms with Crippen LogP contribution in [-0.2, 0) is 21.2 Å². The van der Waals surface area contributed by atoms with Crippen molar-refractivity contribution < 1.29 is 13.2 Å². The molecule has 0 radical (unpaired) electrons. The Morgan fingerprint density at radius 2 is 1.81 bits per heavy atom. The number of aryl methyl sites for hydroxylation is 1. The fourth-order valence-corrected chi connectivity index (χ4v) is 2.87. The minimum Gasteiger partial charge on any atom is -0.377 e. The van der Waals surface area contributed by atoms with Gasteiger partial charge in [0, 0.05) is 6.54 Å². The predicted octanol–water partition coefficient (Wildman–Crippen LogP) is 1.54. The van der Waals surface area contributed by atoms with Crippen molar-refractivity contribution in [3.8, 4) is 0 Å². The van der Waals surface area contributed by atoms with Crippen LogP contribution in [-0.4, -0.2) is 41.3 Å². The van der Waals surface area contributed by atoms with Gasteiger partial charge in [-0.1, -0.05) is 12.1 Å². The molecule has 120 valence electrons. The zero-order valence-electron chi connectivity index (χ0n) is 13.1. The van der Waals surface area contributed by atoms with Crippen LogP contribution in [0.3, 0.4) is 0 Å². The van der Waals surface area contributed by atoms with Crippen molar-refractivity contribution in [3.05, 3.63) is 29.8 Å². The third-order valence-electron chi connectivity index (χ3n) is 2.97. The normalized spacial score (nSPS) is 12.0. The van der Waals surface area contributed by atoms with E-state index in [1.54, 1.807) is 12.1 Å². The van der Waals surface area contributed by atoms with Gasteiger partial charge in [-0.2, -0.15) is 0 Å². The lowest BCUT2D eigenvalue weighted by atomic mass is 10.1. The molecule has 0 aliphatic heterocycles. The zero-order chi connectivity index (χ0) is 15.7. The lowest BCUT2D eigenvalue weighted by Crippen LogP contribution is -2.28. The molecule has 6 heteroatoms. The van der Waals surface area contributed by atoms with Crippen LogP contribution in [0.5, 0.6) is 0 Å². The first-order valence-electron chi connectivity index (χ1n) is 7.30. The summed E-state index contributed by atoms with van der Waals surface area (Å²) >= 11 is 0. The maximum absolute atomic E-state index is 12.1. The quantitative estimate of drug-likeness (QED) is 0.643. The molecule has 1 rings (SSSR count). The average molecular weight is 314 g/mol. The third-order valence-corrected chi connectivity index (χ3v) is 4.45. The molecule has 0 fully saturated rings. The molecule has 0 aliphatic carbocycles. The fourth-order valence-electron chi connectivity index (χ4n) is 1.86. The molecule has 0 unspecified atom stereocenters. The number of hydrogen-bond acceptors (Lipinski definition) is 4. The first-order valence-corrected chi connectivity index (χ1v) is 8.79. The van der Waals surface area contributed by atoms with E-state index in [-0.39, 0.29) is 12.6 Å². The number of nitrogens with one attached hydrogen (secondary N) is 2. The summed E-state index contributed by atoms with van der Waals surface area (Å²) in [6, 6.07) is 7.05. The number of hydrogen-bond donors (Lipinski definition) is 2. The van der Waals surface area contributed by atoms with Crippen LogP contribution in [0, 0.1) is 0 Å². The molecule has 1 aromatic carbocycles. The Morgan fingerprint density at radius 1 is 1.14 bits per heavy atom. The molecule has 0 amide bonds. The molecular formula is C15H26N2O3S. The van der Waals surface area contributed by atoms with Crippen LogP contribution in [0.25, 0.3) is 0 Å². The summed E-state index contributed by atoms with van der Waals surface area (Å²) in [5, 5.41) is 3.09. The van der Waals surface area contributed by atoms with E-state index in [1.807, 2.05) is 33.0 Å². The van der Waals surface area contributed by atoms with Crippen molar-refractivity contribution >= 4 is 10.0 Å². The third kappa shape index (κ3) is 7.04. The number of rotatable bonds is 10. The van der Waals surface area contributed by atoms with Crippen molar-refractivity contribution in [2.24, 2.45) is 0 Å². The van der Waals surface area contributed by atoms with Gasteiger partial charge >= 0.3 is 0 Å². The number of ether oxygens (including phenoxy) is 1. The topological polar surface area (TPSA) is 67.4 Å². The van der Waals surface area contributed by atoms with E-state index in [2.05, 4.69) is 10.0 Å². The summed E-state index contributed by atoms with van der Waals surface area (Å²) in [5.74, 6) is 0. The molecule has 5 nitrogen and oxygen atoms in total. The smallest absolute Gasteiger partial charge is 0.240 e. The minimum atomic E-state index is -3.44. The van der Waals surface area contributed by atoms with E-state index >= 15 is 0 Å². The van der Waals surface area contributed by atoms with Crippen molar-refractivity contribution in [2.75, 3.05) is 26.7 Å². The zero-order valence-corrected chi connectivity index (χ0v) is 13.9. The van der Waals surface area contributed by atoms with Crippen molar-refractivity contribution in [3.63, 3.8) is 0 Å². The van der Waals surface area contributed by atoms with Crippen LogP contribution in [0.15, 0.2) is 29.2 Å². The second-order valence-corrected chi connectivity index (χ2v) is 6.94. The maximum Gasteiger partial charge on any atom is 0.240 e. The van der Waals surface area contributed by atoms with Crippen LogP contribution in [0.1, 0.15) is 25.8 Å². The average Bonchev–Trinajstić information content (AvgIpc) is 2.44. The lowest BCUT2D eigenvalue weighted by Gasteiger charge is -2.10. The highest BCUT2D eigenvalue weighted by molar-refractivity contribution is 7.89. The molecule has 0 saturated heterocycles. The summed E-state index contributed by atoms with van der Waals surface area (Å²) in [4.78, 5) is 0.296. The summed E-state index contributed by atoms with van der Waals surface area (Å²) in [6.45, 7) is 5.45. The van der Waals surface area contributed by atoms with Gasteiger partial charge in [-0.3, -0.25) is 0 Å². The summed E-state index contributed by atoms with van der Waals surface area (Å²) in [5.41, 5.74) is 1.15. The van der Waals surface area contributed by atoms with Gasteiger partial charge in [0.25, 0.3) is 0 Å². The van der Waals surface area contributed by atoms with Crippen LogP contribution in [0.2, 0.25) is 0 Å². The highest BCUT2D eigenvalue weighted by Crippen LogP contribution is 2.11. The summed E-state index contributed by atoms with van der Waals surface area (Å²) in [6.07, 6.45) is 2.08. The minimum absolute atomic E-state index is 0.103. The summed E-state index contributed by atoms with van der Waals surface area (Å²) < 4.78 is 32.0. The number of benzene rings is 1. The monoisotopic (exact) mass is 314 g/mol. The van der Waals surface area contributed by atoms with Gasteiger partial charge in [0.05, 0.1) is 17.6 Å². The Bertz CT molecular complexity index is 498. The Labute approximate surface area is 128 Å². The molecule has 0 aromatic heterocycles. The van der Waals surface area contributed by atoms with Gasteiger partial charge in [-0.25, -0.2) is 13.1 Å². The molecule has 0 atom stereocenters. The van der Waals surface area contributed by atoms with Crippen LogP contribution < -0.4 is 10.0 Å². The lowest BCUT2D eigenvalue weighted by molar-refractivity contribution is 0.0834. The van der Waals surface area contributed by atoms with Gasteiger partial charge in [0.2, 0.25) is 10.0 Å². The molecule has 0 aliphatic rings. The van der Waals surface area contributed by atoms with Crippen molar-refractivity contribution in [1.82, 2.24) is 10.0 Å². The molecule has 0 heterocycles. The van der Waals surface area contributed by atoms with Crippen molar-refractivity contribution in [2.45, 2.75) is 37.7 Å². The second-order valence-electron chi connectivity index (χ2n) is 5.17. The van der Waals surface area contributed by atoms with E-state index in [0.29, 0.717) is 11.5 Å². The van der Waals surface area contributed by atoms with Crippen molar-refractivity contribution in [1.29, 1.82) is 0 Å². The van der Waals surface area contributed by atoms with E-state index in [4.69, 9.17) is 4.74 Å². The molecular weight excluding hydrogens is 288 g/mol. The largest absolute Gasteiger partial charge is 0.377 e. The standard InChI is InChI=1S/C15H26N2O3S/c1-13(2)20-12-11-17-21(18,19)15-8-6-14(7-9-15)5-4-10-16-3/h6-9,13,16-17H,4-5,10-12H2,1-3H3. The Morgan fingerprint density at radius 3 is 2.38 bits per heavy atom. The van der Waals surface area contributed by atoms with E-state index in [1.165, 1.54) is 0 Å². The predicted molar refractivity (Wildman–Crippen MR) is 85.0 cm³/mol. The van der Waals surface area contributed by atoms with Gasteiger partial charge in [-0.15, -0.1) is 0 Å². The SMILES string of the molecule is CNCCCc1ccc(S(=O)(=O)NCCOC(C)C)cc1. The highest BCUT2D eigenvalue weighted by atomic mass is 32.2. The fraction of sp³-hybridized carbons (Fsp3) is 0.600. The van der Waals surface area contributed by atoms with Crippen LogP contribution in [0.4, 0.5) is 0 Å². The molecule has 0 saturated carbocycles. The molecule has 0 spiro atoms. The molecule has 21 heavy (non-hydrogen) atoms. The molecule has 0 bridgehead atoms. The first-order chi connectivity index (χ1) is 9.95. The van der Waals surface area contributed by atoms with E-state index < -0.39 is 10.0 Å². The van der Waals surface area contributed by atoms with Gasteiger partial charge in [-0.05, 0) is 58.0 Å². The molecule has 1 aromatic rings. The van der Waals surface area contributed by atoms with E-state index in [0.717, 1.165) is 24.9 Å². The second kappa shape index (κ2) is 9.15. The summed E-state index contributed by atoms with van der Waals surface area (Å²) in [7, 11) is -1.52. The number of sulfonamides is 1. The Kier molecular flexibility index (Phi) is 7.88. The molecule has 2 N–H and O–H groups in total. The Balaban J connectivity index is 2.50. The maximum atomic E-state index is 12.1. The van der Waals surface area contributed by atoms with E-state index in [9.17, 15) is 8.42 Å².